The van der Waals surface area contributed by atoms with Gasteiger partial charge in [0.1, 0.15) is 5.82 Å². The lowest BCUT2D eigenvalue weighted by Gasteiger charge is -2.35. The zero-order chi connectivity index (χ0) is 25.3. The molecule has 2 aromatic heterocycles. The molecule has 0 bridgehead atoms. The van der Waals surface area contributed by atoms with Gasteiger partial charge in [-0.05, 0) is 51.3 Å². The van der Waals surface area contributed by atoms with Crippen molar-refractivity contribution < 1.29 is 13.2 Å². The van der Waals surface area contributed by atoms with Gasteiger partial charge in [-0.2, -0.15) is 5.10 Å². The minimum atomic E-state index is -3.58. The molecule has 1 amide bonds. The van der Waals surface area contributed by atoms with Gasteiger partial charge in [-0.3, -0.25) is 9.52 Å². The first-order valence-corrected chi connectivity index (χ1v) is 13.7. The molecule has 0 radical (unpaired) electrons. The quantitative estimate of drug-likeness (QED) is 0.436. The Hall–Kier alpha value is -2.89. The maximum atomic E-state index is 13.7. The number of halogens is 1. The zero-order valence-electron chi connectivity index (χ0n) is 20.0. The van der Waals surface area contributed by atoms with Gasteiger partial charge in [0.15, 0.2) is 5.65 Å². The van der Waals surface area contributed by atoms with Crippen molar-refractivity contribution in [3.8, 4) is 0 Å². The number of nitrogens with two attached hydrogens (primary N) is 1. The number of piperidine rings is 1. The van der Waals surface area contributed by atoms with E-state index in [0.29, 0.717) is 23.8 Å². The number of benzene rings is 1. The highest BCUT2D eigenvalue weighted by Crippen LogP contribution is 2.34. The van der Waals surface area contributed by atoms with Crippen LogP contribution in [0.4, 0.5) is 11.5 Å². The van der Waals surface area contributed by atoms with Crippen LogP contribution in [-0.2, 0) is 10.0 Å². The molecule has 1 fully saturated rings. The Kier molecular flexibility index (Phi) is 7.20. The number of hydrogen-bond acceptors (Lipinski definition) is 7. The topological polar surface area (TPSA) is 135 Å². The van der Waals surface area contributed by atoms with Gasteiger partial charge in [-0.15, -0.1) is 0 Å². The molecule has 12 heteroatoms. The number of rotatable bonds is 7. The first-order valence-electron chi connectivity index (χ1n) is 11.5. The average Bonchev–Trinajstić information content (AvgIpc) is 3.21. The molecule has 3 heterocycles. The number of fused-ring (bicyclic) bond motifs is 1. The molecule has 35 heavy (non-hydrogen) atoms. The van der Waals surface area contributed by atoms with Crippen LogP contribution in [0.25, 0.3) is 5.65 Å². The minimum absolute atomic E-state index is 0.0740. The van der Waals surface area contributed by atoms with Crippen LogP contribution in [0.2, 0.25) is 5.02 Å². The SMILES string of the molecule is Cc1cn2nc([C@@H]3CCCCN3C(=O)c3cc(Cl)ccc3NS(C)(=O)=O)cc2nc1NC(C)CN. The van der Waals surface area contributed by atoms with Gasteiger partial charge in [-0.1, -0.05) is 11.6 Å². The number of hydrogen-bond donors (Lipinski definition) is 3. The number of anilines is 2. The van der Waals surface area contributed by atoms with Crippen LogP contribution in [0, 0.1) is 6.92 Å². The highest BCUT2D eigenvalue weighted by atomic mass is 35.5. The summed E-state index contributed by atoms with van der Waals surface area (Å²) in [5.41, 5.74) is 8.46. The van der Waals surface area contributed by atoms with Crippen LogP contribution in [0.1, 0.15) is 53.8 Å². The fourth-order valence-electron chi connectivity index (χ4n) is 4.25. The maximum Gasteiger partial charge on any atom is 0.256 e. The summed E-state index contributed by atoms with van der Waals surface area (Å²) in [7, 11) is -3.58. The molecular formula is C23H30ClN7O3S. The van der Waals surface area contributed by atoms with E-state index in [1.165, 1.54) is 12.1 Å². The number of carbonyl (C=O) groups is 1. The molecule has 188 valence electrons. The number of nitrogens with zero attached hydrogens (tertiary/aromatic N) is 4. The third-order valence-corrected chi connectivity index (χ3v) is 6.83. The lowest BCUT2D eigenvalue weighted by Crippen LogP contribution is -2.39. The summed E-state index contributed by atoms with van der Waals surface area (Å²) in [6, 6.07) is 6.24. The van der Waals surface area contributed by atoms with Crippen LogP contribution in [0.15, 0.2) is 30.5 Å². The Balaban J connectivity index is 1.69. The first-order chi connectivity index (χ1) is 16.6. The number of nitrogens with one attached hydrogen (secondary N) is 2. The average molecular weight is 520 g/mol. The molecule has 4 N–H and O–H groups in total. The Labute approximate surface area is 209 Å². The van der Waals surface area contributed by atoms with Crippen molar-refractivity contribution in [3.05, 3.63) is 52.3 Å². The number of sulfonamides is 1. The van der Waals surface area contributed by atoms with Gasteiger partial charge < -0.3 is 16.0 Å². The van der Waals surface area contributed by atoms with Crippen molar-refractivity contribution >= 4 is 44.7 Å². The van der Waals surface area contributed by atoms with E-state index in [4.69, 9.17) is 27.4 Å². The Bertz CT molecular complexity index is 1360. The van der Waals surface area contributed by atoms with E-state index in [0.717, 1.165) is 42.6 Å². The van der Waals surface area contributed by atoms with E-state index in [2.05, 4.69) is 10.0 Å². The largest absolute Gasteiger partial charge is 0.366 e. The molecule has 1 unspecified atom stereocenters. The lowest BCUT2D eigenvalue weighted by atomic mass is 9.98. The fraction of sp³-hybridized carbons (Fsp3) is 0.435. The predicted molar refractivity (Wildman–Crippen MR) is 137 cm³/mol. The van der Waals surface area contributed by atoms with Crippen molar-refractivity contribution in [2.75, 3.05) is 29.4 Å². The van der Waals surface area contributed by atoms with Gasteiger partial charge in [0.05, 0.1) is 29.2 Å². The molecule has 3 aromatic rings. The molecule has 1 saturated heterocycles. The first kappa shape index (κ1) is 25.2. The molecule has 0 aliphatic carbocycles. The molecular weight excluding hydrogens is 490 g/mol. The second-order valence-corrected chi connectivity index (χ2v) is 11.2. The summed E-state index contributed by atoms with van der Waals surface area (Å²) in [5.74, 6) is 0.442. The van der Waals surface area contributed by atoms with E-state index in [-0.39, 0.29) is 29.2 Å². The van der Waals surface area contributed by atoms with Gasteiger partial charge in [0.2, 0.25) is 10.0 Å². The molecule has 1 aromatic carbocycles. The monoisotopic (exact) mass is 519 g/mol. The fourth-order valence-corrected chi connectivity index (χ4v) is 5.00. The number of aromatic nitrogens is 3. The van der Waals surface area contributed by atoms with E-state index < -0.39 is 10.0 Å². The normalized spacial score (nSPS) is 17.4. The molecule has 1 aliphatic rings. The standard InChI is InChI=1S/C23H30ClN7O3S/c1-14-13-31-21(27-22(14)26-15(2)12-25)11-19(28-31)20-6-4-5-9-30(20)23(32)17-10-16(24)7-8-18(17)29-35(3,33)34/h7-8,10-11,13,15,20,29H,4-6,9,12,25H2,1-3H3,(H,26,27)/t15?,20-/m0/s1. The van der Waals surface area contributed by atoms with E-state index in [1.807, 2.05) is 26.1 Å². The zero-order valence-corrected chi connectivity index (χ0v) is 21.5. The van der Waals surface area contributed by atoms with Crippen molar-refractivity contribution in [1.82, 2.24) is 19.5 Å². The van der Waals surface area contributed by atoms with Crippen molar-refractivity contribution in [2.45, 2.75) is 45.2 Å². The molecule has 2 atom stereocenters. The Morgan fingerprint density at radius 2 is 2.09 bits per heavy atom. The maximum absolute atomic E-state index is 13.7. The highest BCUT2D eigenvalue weighted by molar-refractivity contribution is 7.92. The van der Waals surface area contributed by atoms with Crippen LogP contribution in [0.3, 0.4) is 0 Å². The van der Waals surface area contributed by atoms with Gasteiger partial charge in [0.25, 0.3) is 5.91 Å². The summed E-state index contributed by atoms with van der Waals surface area (Å²) >= 11 is 6.17. The van der Waals surface area contributed by atoms with E-state index in [9.17, 15) is 13.2 Å². The second-order valence-electron chi connectivity index (χ2n) is 9.00. The molecule has 1 aliphatic heterocycles. The van der Waals surface area contributed by atoms with Gasteiger partial charge in [0, 0.05) is 42.0 Å². The summed E-state index contributed by atoms with van der Waals surface area (Å²) in [4.78, 5) is 20.1. The Morgan fingerprint density at radius 3 is 2.80 bits per heavy atom. The van der Waals surface area contributed by atoms with Gasteiger partial charge in [-0.25, -0.2) is 17.9 Å². The van der Waals surface area contributed by atoms with Crippen LogP contribution < -0.4 is 15.8 Å². The van der Waals surface area contributed by atoms with Crippen LogP contribution >= 0.6 is 11.6 Å². The van der Waals surface area contributed by atoms with Crippen LogP contribution in [-0.4, -0.2) is 59.2 Å². The molecule has 0 saturated carbocycles. The highest BCUT2D eigenvalue weighted by Gasteiger charge is 2.32. The van der Waals surface area contributed by atoms with Crippen LogP contribution in [0.5, 0.6) is 0 Å². The summed E-state index contributed by atoms with van der Waals surface area (Å²) in [6.45, 7) is 4.94. The van der Waals surface area contributed by atoms with Crippen molar-refractivity contribution in [2.24, 2.45) is 5.73 Å². The molecule has 10 nitrogen and oxygen atoms in total. The minimum Gasteiger partial charge on any atom is -0.366 e. The van der Waals surface area contributed by atoms with E-state index in [1.54, 1.807) is 15.5 Å². The van der Waals surface area contributed by atoms with Gasteiger partial charge >= 0.3 is 0 Å². The molecule has 0 spiro atoms. The number of carbonyl (C=O) groups excluding carboxylic acids is 1. The number of likely N-dealkylation sites (tertiary alicyclic amines) is 1. The van der Waals surface area contributed by atoms with Crippen molar-refractivity contribution in [1.29, 1.82) is 0 Å². The summed E-state index contributed by atoms with van der Waals surface area (Å²) < 4.78 is 27.9. The lowest BCUT2D eigenvalue weighted by molar-refractivity contribution is 0.0607. The smallest absolute Gasteiger partial charge is 0.256 e. The van der Waals surface area contributed by atoms with Crippen molar-refractivity contribution in [3.63, 3.8) is 0 Å². The number of amides is 1. The molecule has 4 rings (SSSR count). The van der Waals surface area contributed by atoms with E-state index >= 15 is 0 Å². The predicted octanol–water partition coefficient (Wildman–Crippen LogP) is 3.19. The number of aryl methyl sites for hydroxylation is 1. The summed E-state index contributed by atoms with van der Waals surface area (Å²) in [6.07, 6.45) is 5.46. The third kappa shape index (κ3) is 5.68. The second kappa shape index (κ2) is 10.00. The Morgan fingerprint density at radius 1 is 1.31 bits per heavy atom. The third-order valence-electron chi connectivity index (χ3n) is 6.00. The summed E-state index contributed by atoms with van der Waals surface area (Å²) in [5, 5.41) is 8.39.